The molecule has 7 heteroatoms. The van der Waals surface area contributed by atoms with Crippen molar-refractivity contribution in [3.63, 3.8) is 0 Å². The Hall–Kier alpha value is -2.47. The minimum atomic E-state index is 0.495. The molecule has 0 fully saturated rings. The normalized spacial score (nSPS) is 13.8. The molecule has 1 aromatic carbocycles. The summed E-state index contributed by atoms with van der Waals surface area (Å²) < 4.78 is 11.4. The number of hydrogen-bond acceptors (Lipinski definition) is 4. The number of halogens is 1. The van der Waals surface area contributed by atoms with Gasteiger partial charge in [0.25, 0.3) is 0 Å². The zero-order valence-electron chi connectivity index (χ0n) is 15.5. The number of aromatic nitrogens is 1. The van der Waals surface area contributed by atoms with Gasteiger partial charge in [0.1, 0.15) is 0 Å². The molecule has 0 radical (unpaired) electrons. The van der Waals surface area contributed by atoms with Crippen LogP contribution >= 0.6 is 11.6 Å². The molecule has 0 bridgehead atoms. The second-order valence-electron chi connectivity index (χ2n) is 6.15. The summed E-state index contributed by atoms with van der Waals surface area (Å²) in [5.41, 5.74) is 2.03. The molecule has 0 saturated carbocycles. The van der Waals surface area contributed by atoms with Gasteiger partial charge < -0.3 is 20.1 Å². The Balaban J connectivity index is 1.62. The highest BCUT2D eigenvalue weighted by atomic mass is 35.5. The van der Waals surface area contributed by atoms with E-state index in [1.54, 1.807) is 0 Å². The van der Waals surface area contributed by atoms with Crippen LogP contribution in [0.4, 0.5) is 0 Å². The van der Waals surface area contributed by atoms with E-state index >= 15 is 0 Å². The molecule has 144 valence electrons. The number of benzene rings is 1. The van der Waals surface area contributed by atoms with Crippen LogP contribution in [-0.2, 0) is 13.0 Å². The molecule has 1 aliphatic heterocycles. The van der Waals surface area contributed by atoms with E-state index in [9.17, 15) is 0 Å². The summed E-state index contributed by atoms with van der Waals surface area (Å²) >= 11 is 6.36. The van der Waals surface area contributed by atoms with E-state index in [0.717, 1.165) is 43.1 Å². The van der Waals surface area contributed by atoms with Gasteiger partial charge in [0, 0.05) is 37.8 Å². The van der Waals surface area contributed by atoms with Gasteiger partial charge in [-0.25, -0.2) is 4.99 Å². The molecule has 2 heterocycles. The molecule has 0 saturated heterocycles. The predicted molar refractivity (Wildman–Crippen MR) is 108 cm³/mol. The second kappa shape index (κ2) is 10.0. The fraction of sp³-hybridized carbons (Fsp3) is 0.400. The summed E-state index contributed by atoms with van der Waals surface area (Å²) in [6.07, 6.45) is 3.49. The number of aliphatic imine (C=N–C) groups is 1. The van der Waals surface area contributed by atoms with E-state index in [1.165, 1.54) is 0 Å². The van der Waals surface area contributed by atoms with Crippen LogP contribution in [0.1, 0.15) is 24.6 Å². The smallest absolute Gasteiger partial charge is 0.191 e. The lowest BCUT2D eigenvalue weighted by Gasteiger charge is -2.13. The largest absolute Gasteiger partial charge is 0.489 e. The zero-order valence-corrected chi connectivity index (χ0v) is 16.3. The summed E-state index contributed by atoms with van der Waals surface area (Å²) in [6, 6.07) is 9.77. The second-order valence-corrected chi connectivity index (χ2v) is 6.56. The number of hydrogen-bond donors (Lipinski definition) is 2. The topological polar surface area (TPSA) is 67.8 Å². The summed E-state index contributed by atoms with van der Waals surface area (Å²) in [5.74, 6) is 2.08. The van der Waals surface area contributed by atoms with Crippen molar-refractivity contribution in [1.29, 1.82) is 0 Å². The average molecular weight is 389 g/mol. The first-order valence-electron chi connectivity index (χ1n) is 9.26. The summed E-state index contributed by atoms with van der Waals surface area (Å²) in [6.45, 7) is 5.33. The van der Waals surface area contributed by atoms with Gasteiger partial charge in [-0.3, -0.25) is 4.98 Å². The third-order valence-corrected chi connectivity index (χ3v) is 4.31. The molecule has 0 spiro atoms. The third kappa shape index (κ3) is 5.76. The van der Waals surface area contributed by atoms with Gasteiger partial charge >= 0.3 is 0 Å². The van der Waals surface area contributed by atoms with E-state index in [4.69, 9.17) is 21.1 Å². The van der Waals surface area contributed by atoms with Crippen molar-refractivity contribution in [2.75, 3.05) is 26.3 Å². The Morgan fingerprint density at radius 3 is 2.93 bits per heavy atom. The van der Waals surface area contributed by atoms with E-state index in [-0.39, 0.29) is 0 Å². The van der Waals surface area contributed by atoms with Gasteiger partial charge in [0.05, 0.1) is 24.8 Å². The molecule has 0 amide bonds. The number of fused-ring (bicyclic) bond motifs is 1. The van der Waals surface area contributed by atoms with Crippen molar-refractivity contribution in [3.05, 3.63) is 52.8 Å². The first-order valence-corrected chi connectivity index (χ1v) is 9.64. The summed E-state index contributed by atoms with van der Waals surface area (Å²) in [4.78, 5) is 8.98. The Kier molecular flexibility index (Phi) is 7.16. The maximum atomic E-state index is 6.36. The number of rotatable bonds is 6. The van der Waals surface area contributed by atoms with Gasteiger partial charge in [-0.2, -0.15) is 0 Å². The molecule has 0 atom stereocenters. The van der Waals surface area contributed by atoms with Crippen molar-refractivity contribution >= 4 is 17.6 Å². The fourth-order valence-electron chi connectivity index (χ4n) is 2.74. The van der Waals surface area contributed by atoms with Crippen LogP contribution in [0, 0.1) is 0 Å². The molecule has 0 aliphatic carbocycles. The lowest BCUT2D eigenvalue weighted by atomic mass is 10.2. The predicted octanol–water partition coefficient (Wildman–Crippen LogP) is 3.19. The van der Waals surface area contributed by atoms with Gasteiger partial charge in [-0.05, 0) is 36.8 Å². The fourth-order valence-corrected chi connectivity index (χ4v) is 3.03. The molecular weight excluding hydrogens is 364 g/mol. The molecule has 1 aromatic heterocycles. The SMILES string of the molecule is CCNC(=NCc1cc(Cl)c2c(c1)OCCCO2)NCCc1ccccn1. The van der Waals surface area contributed by atoms with Crippen LogP contribution in [0.15, 0.2) is 41.5 Å². The number of guanidine groups is 1. The van der Waals surface area contributed by atoms with Crippen molar-refractivity contribution in [3.8, 4) is 11.5 Å². The van der Waals surface area contributed by atoms with Crippen LogP contribution in [0.2, 0.25) is 5.02 Å². The first kappa shape index (κ1) is 19.3. The van der Waals surface area contributed by atoms with Crippen LogP contribution < -0.4 is 20.1 Å². The highest BCUT2D eigenvalue weighted by Crippen LogP contribution is 2.38. The molecule has 6 nitrogen and oxygen atoms in total. The Bertz CT molecular complexity index is 768. The third-order valence-electron chi connectivity index (χ3n) is 4.03. The standard InChI is InChI=1S/C20H25ClN4O2/c1-2-22-20(24-9-7-16-6-3-4-8-23-16)25-14-15-12-17(21)19-18(13-15)26-10-5-11-27-19/h3-4,6,8,12-13H,2,5,7,9-11,14H2,1H3,(H2,22,24,25). The molecule has 0 unspecified atom stereocenters. The number of ether oxygens (including phenoxy) is 2. The van der Waals surface area contributed by atoms with Gasteiger partial charge in [-0.1, -0.05) is 17.7 Å². The van der Waals surface area contributed by atoms with Crippen molar-refractivity contribution in [1.82, 2.24) is 15.6 Å². The molecule has 2 aromatic rings. The van der Waals surface area contributed by atoms with Crippen molar-refractivity contribution in [2.45, 2.75) is 26.3 Å². The Morgan fingerprint density at radius 2 is 2.11 bits per heavy atom. The number of nitrogens with zero attached hydrogens (tertiary/aromatic N) is 2. The highest BCUT2D eigenvalue weighted by molar-refractivity contribution is 6.32. The molecular formula is C20H25ClN4O2. The maximum absolute atomic E-state index is 6.36. The Morgan fingerprint density at radius 1 is 1.22 bits per heavy atom. The molecule has 2 N–H and O–H groups in total. The monoisotopic (exact) mass is 388 g/mol. The first-order chi connectivity index (χ1) is 13.3. The lowest BCUT2D eigenvalue weighted by molar-refractivity contribution is 0.297. The van der Waals surface area contributed by atoms with Gasteiger partial charge in [0.15, 0.2) is 17.5 Å². The minimum absolute atomic E-state index is 0.495. The molecule has 1 aliphatic rings. The van der Waals surface area contributed by atoms with Crippen LogP contribution in [-0.4, -0.2) is 37.2 Å². The highest BCUT2D eigenvalue weighted by Gasteiger charge is 2.15. The van der Waals surface area contributed by atoms with Gasteiger partial charge in [-0.15, -0.1) is 0 Å². The Labute approximate surface area is 165 Å². The van der Waals surface area contributed by atoms with Crippen LogP contribution in [0.25, 0.3) is 0 Å². The van der Waals surface area contributed by atoms with Crippen molar-refractivity contribution < 1.29 is 9.47 Å². The maximum Gasteiger partial charge on any atom is 0.191 e. The summed E-state index contributed by atoms with van der Waals surface area (Å²) in [5, 5.41) is 7.15. The van der Waals surface area contributed by atoms with Crippen molar-refractivity contribution in [2.24, 2.45) is 4.99 Å². The molecule has 27 heavy (non-hydrogen) atoms. The van der Waals surface area contributed by atoms with E-state index in [1.807, 2.05) is 43.5 Å². The average Bonchev–Trinajstić information content (AvgIpc) is 2.93. The lowest BCUT2D eigenvalue weighted by Crippen LogP contribution is -2.38. The van der Waals surface area contributed by atoms with E-state index < -0.39 is 0 Å². The summed E-state index contributed by atoms with van der Waals surface area (Å²) in [7, 11) is 0. The van der Waals surface area contributed by atoms with Crippen LogP contribution in [0.5, 0.6) is 11.5 Å². The van der Waals surface area contributed by atoms with E-state index in [0.29, 0.717) is 36.3 Å². The number of nitrogens with one attached hydrogen (secondary N) is 2. The van der Waals surface area contributed by atoms with E-state index in [2.05, 4.69) is 20.6 Å². The van der Waals surface area contributed by atoms with Gasteiger partial charge in [0.2, 0.25) is 0 Å². The zero-order chi connectivity index (χ0) is 18.9. The minimum Gasteiger partial charge on any atom is -0.489 e. The molecule has 3 rings (SSSR count). The quantitative estimate of drug-likeness (QED) is 0.587. The van der Waals surface area contributed by atoms with Crippen LogP contribution in [0.3, 0.4) is 0 Å². The number of pyridine rings is 1.